The van der Waals surface area contributed by atoms with Gasteiger partial charge in [-0.05, 0) is 68.5 Å². The van der Waals surface area contributed by atoms with Crippen molar-refractivity contribution in [3.05, 3.63) is 65.9 Å². The Morgan fingerprint density at radius 1 is 1.06 bits per heavy atom. The fraction of sp³-hybridized carbons (Fsp3) is 0.346. The molecule has 0 atom stereocenters. The van der Waals surface area contributed by atoms with Crippen LogP contribution in [0.4, 0.5) is 0 Å². The van der Waals surface area contributed by atoms with E-state index >= 15 is 0 Å². The molecule has 0 bridgehead atoms. The van der Waals surface area contributed by atoms with Crippen molar-refractivity contribution < 1.29 is 33.8 Å². The first-order chi connectivity index (χ1) is 17.0. The number of fused-ring (bicyclic) bond motifs is 1. The molecule has 1 aliphatic rings. The molecule has 4 rings (SSSR count). The van der Waals surface area contributed by atoms with Gasteiger partial charge in [0, 0.05) is 17.5 Å². The Labute approximate surface area is 203 Å². The quantitative estimate of drug-likeness (QED) is 0.305. The van der Waals surface area contributed by atoms with Gasteiger partial charge in [-0.25, -0.2) is 9.59 Å². The van der Waals surface area contributed by atoms with Crippen LogP contribution in [0.15, 0.2) is 59.1 Å². The number of methoxy groups -OCH3 is 1. The Morgan fingerprint density at radius 3 is 2.40 bits per heavy atom. The van der Waals surface area contributed by atoms with Crippen LogP contribution in [-0.2, 0) is 16.0 Å². The van der Waals surface area contributed by atoms with Crippen molar-refractivity contribution in [1.29, 1.82) is 0 Å². The molecular weight excluding hydrogens is 452 g/mol. The number of rotatable bonds is 9. The molecule has 9 heteroatoms. The summed E-state index contributed by atoms with van der Waals surface area (Å²) in [4.78, 5) is 19.1. The molecule has 1 aliphatic heterocycles. The van der Waals surface area contributed by atoms with Crippen LogP contribution in [0.1, 0.15) is 36.4 Å². The minimum absolute atomic E-state index is 0.558. The second kappa shape index (κ2) is 13.1. The van der Waals surface area contributed by atoms with Crippen molar-refractivity contribution in [1.82, 2.24) is 10.5 Å². The third-order valence-electron chi connectivity index (χ3n) is 5.63. The van der Waals surface area contributed by atoms with E-state index in [2.05, 4.69) is 22.6 Å². The molecule has 35 heavy (non-hydrogen) atoms. The number of aryl methyl sites for hydroxylation is 1. The Kier molecular flexibility index (Phi) is 9.68. The molecule has 186 valence electrons. The number of carboxylic acids is 2. The van der Waals surface area contributed by atoms with Gasteiger partial charge in [-0.2, -0.15) is 0 Å². The van der Waals surface area contributed by atoms with Crippen LogP contribution in [0.25, 0.3) is 11.0 Å². The lowest BCUT2D eigenvalue weighted by atomic mass is 9.87. The lowest BCUT2D eigenvalue weighted by Gasteiger charge is -2.23. The Hall–Kier alpha value is -3.85. The number of para-hydroxylation sites is 2. The average molecular weight is 483 g/mol. The zero-order valence-electron chi connectivity index (χ0n) is 19.6. The molecule has 1 saturated heterocycles. The zero-order chi connectivity index (χ0) is 25.0. The standard InChI is InChI=1S/C22H26N2O3.C4H4O4/c1-25-19-8-2-3-9-20(19)26-15-5-7-18-22-17(16-11-13-23-14-12-16)6-4-10-21(22)27-24-18;5-3(6)1-2-4(7)8/h2-4,6,8-10,16,23H,5,7,11-15H2,1H3;1-2H,(H,5,6)(H,7,8)/b;2-1+. The number of nitrogens with zero attached hydrogens (tertiary/aromatic N) is 1. The topological polar surface area (TPSA) is 131 Å². The van der Waals surface area contributed by atoms with Gasteiger partial charge in [-0.1, -0.05) is 29.4 Å². The van der Waals surface area contributed by atoms with Crippen LogP contribution in [0.2, 0.25) is 0 Å². The van der Waals surface area contributed by atoms with Crippen molar-refractivity contribution in [3.63, 3.8) is 0 Å². The average Bonchev–Trinajstić information content (AvgIpc) is 3.30. The fourth-order valence-corrected chi connectivity index (χ4v) is 4.03. The number of carboxylic acid groups (broad SMARTS) is 2. The highest BCUT2D eigenvalue weighted by Crippen LogP contribution is 2.34. The van der Waals surface area contributed by atoms with Crippen LogP contribution in [0.5, 0.6) is 11.5 Å². The molecule has 9 nitrogen and oxygen atoms in total. The maximum absolute atomic E-state index is 9.55. The second-order valence-corrected chi connectivity index (χ2v) is 7.99. The minimum atomic E-state index is -1.26. The maximum atomic E-state index is 9.55. The van der Waals surface area contributed by atoms with Crippen molar-refractivity contribution in [3.8, 4) is 11.5 Å². The van der Waals surface area contributed by atoms with Crippen molar-refractivity contribution in [2.24, 2.45) is 0 Å². The Morgan fingerprint density at radius 2 is 1.74 bits per heavy atom. The van der Waals surface area contributed by atoms with Crippen LogP contribution < -0.4 is 14.8 Å². The fourth-order valence-electron chi connectivity index (χ4n) is 4.03. The molecule has 0 saturated carbocycles. The van der Waals surface area contributed by atoms with E-state index in [9.17, 15) is 9.59 Å². The van der Waals surface area contributed by atoms with Gasteiger partial charge >= 0.3 is 11.9 Å². The number of aromatic nitrogens is 1. The summed E-state index contributed by atoms with van der Waals surface area (Å²) in [5.41, 5.74) is 3.32. The van der Waals surface area contributed by atoms with Crippen LogP contribution in [0, 0.1) is 0 Å². The number of carbonyl (C=O) groups is 2. The van der Waals surface area contributed by atoms with E-state index in [1.807, 2.05) is 30.3 Å². The first-order valence-electron chi connectivity index (χ1n) is 11.5. The molecular formula is C26H30N2O7. The summed E-state index contributed by atoms with van der Waals surface area (Å²) >= 11 is 0. The zero-order valence-corrected chi connectivity index (χ0v) is 19.6. The molecule has 0 amide bonds. The van der Waals surface area contributed by atoms with Gasteiger partial charge in [0.1, 0.15) is 0 Å². The smallest absolute Gasteiger partial charge is 0.328 e. The highest BCUT2D eigenvalue weighted by molar-refractivity contribution is 5.89. The van der Waals surface area contributed by atoms with Crippen LogP contribution in [-0.4, -0.2) is 54.1 Å². The highest BCUT2D eigenvalue weighted by Gasteiger charge is 2.21. The maximum Gasteiger partial charge on any atom is 0.328 e. The normalized spacial score (nSPS) is 13.9. The SMILES string of the molecule is COc1ccccc1OCCCc1noc2cccc(C3CCNCC3)c12.O=C(O)/C=C/C(=O)O. The van der Waals surface area contributed by atoms with Crippen LogP contribution >= 0.6 is 0 Å². The monoisotopic (exact) mass is 482 g/mol. The third-order valence-corrected chi connectivity index (χ3v) is 5.63. The summed E-state index contributed by atoms with van der Waals surface area (Å²) < 4.78 is 16.8. The van der Waals surface area contributed by atoms with E-state index in [1.54, 1.807) is 7.11 Å². The first-order valence-corrected chi connectivity index (χ1v) is 11.5. The predicted octanol–water partition coefficient (Wildman–Crippen LogP) is 4.03. The van der Waals surface area contributed by atoms with Gasteiger partial charge in [0.05, 0.1) is 19.4 Å². The number of hydrogen-bond acceptors (Lipinski definition) is 7. The Balaban J connectivity index is 0.000000371. The van der Waals surface area contributed by atoms with E-state index < -0.39 is 11.9 Å². The lowest BCUT2D eigenvalue weighted by molar-refractivity contribution is -0.134. The van der Waals surface area contributed by atoms with Crippen molar-refractivity contribution in [2.45, 2.75) is 31.6 Å². The largest absolute Gasteiger partial charge is 0.493 e. The second-order valence-electron chi connectivity index (χ2n) is 7.99. The third kappa shape index (κ3) is 7.58. The van der Waals surface area contributed by atoms with E-state index in [-0.39, 0.29) is 0 Å². The van der Waals surface area contributed by atoms with E-state index in [1.165, 1.54) is 23.8 Å². The molecule has 0 spiro atoms. The molecule has 2 aromatic carbocycles. The van der Waals surface area contributed by atoms with E-state index in [4.69, 9.17) is 24.2 Å². The van der Waals surface area contributed by atoms with E-state index in [0.29, 0.717) is 24.7 Å². The number of benzene rings is 2. The summed E-state index contributed by atoms with van der Waals surface area (Å²) in [7, 11) is 1.66. The number of piperidine rings is 1. The van der Waals surface area contributed by atoms with Crippen molar-refractivity contribution >= 4 is 22.9 Å². The molecule has 2 heterocycles. The number of aliphatic carboxylic acids is 2. The first kappa shape index (κ1) is 25.8. The lowest BCUT2D eigenvalue weighted by Crippen LogP contribution is -2.26. The molecule has 3 aromatic rings. The molecule has 1 fully saturated rings. The van der Waals surface area contributed by atoms with Gasteiger partial charge < -0.3 is 29.5 Å². The number of ether oxygens (including phenoxy) is 2. The number of hydrogen-bond donors (Lipinski definition) is 3. The van der Waals surface area contributed by atoms with Crippen molar-refractivity contribution in [2.75, 3.05) is 26.8 Å². The van der Waals surface area contributed by atoms with Gasteiger partial charge in [0.2, 0.25) is 0 Å². The molecule has 3 N–H and O–H groups in total. The predicted molar refractivity (Wildman–Crippen MR) is 130 cm³/mol. The van der Waals surface area contributed by atoms with Gasteiger partial charge in [0.25, 0.3) is 0 Å². The summed E-state index contributed by atoms with van der Waals surface area (Å²) in [6.07, 6.45) is 5.16. The summed E-state index contributed by atoms with van der Waals surface area (Å²) in [6.45, 7) is 2.77. The minimum Gasteiger partial charge on any atom is -0.493 e. The molecule has 1 aromatic heterocycles. The highest BCUT2D eigenvalue weighted by atomic mass is 16.5. The number of nitrogens with one attached hydrogen (secondary N) is 1. The molecule has 0 aliphatic carbocycles. The Bertz CT molecular complexity index is 1130. The summed E-state index contributed by atoms with van der Waals surface area (Å²) in [5, 5.41) is 24.6. The van der Waals surface area contributed by atoms with E-state index in [0.717, 1.165) is 48.7 Å². The molecule has 0 unspecified atom stereocenters. The summed E-state index contributed by atoms with van der Waals surface area (Å²) in [5.74, 6) is -0.393. The van der Waals surface area contributed by atoms with Crippen LogP contribution in [0.3, 0.4) is 0 Å². The van der Waals surface area contributed by atoms with Gasteiger partial charge in [-0.15, -0.1) is 0 Å². The molecule has 0 radical (unpaired) electrons. The van der Waals surface area contributed by atoms with Gasteiger partial charge in [0.15, 0.2) is 17.1 Å². The van der Waals surface area contributed by atoms with Gasteiger partial charge in [-0.3, -0.25) is 0 Å². The summed E-state index contributed by atoms with van der Waals surface area (Å²) in [6, 6.07) is 14.1.